The van der Waals surface area contributed by atoms with E-state index in [1.54, 1.807) is 19.0 Å². The third-order valence-electron chi connectivity index (χ3n) is 7.11. The van der Waals surface area contributed by atoms with Gasteiger partial charge in [-0.25, -0.2) is 18.7 Å². The van der Waals surface area contributed by atoms with Gasteiger partial charge in [0.05, 0.1) is 19.3 Å². The van der Waals surface area contributed by atoms with Crippen molar-refractivity contribution in [2.75, 3.05) is 34.0 Å². The van der Waals surface area contributed by atoms with Crippen LogP contribution in [0, 0.1) is 13.8 Å². The second-order valence-corrected chi connectivity index (χ2v) is 14.0. The first-order valence-electron chi connectivity index (χ1n) is 14.5. The maximum atomic E-state index is 12.0. The van der Waals surface area contributed by atoms with Crippen molar-refractivity contribution in [2.45, 2.75) is 63.6 Å². The Morgan fingerprint density at radius 1 is 0.922 bits per heavy atom. The molecule has 2 aliphatic heterocycles. The first-order valence-corrected chi connectivity index (χ1v) is 18.0. The zero-order valence-electron chi connectivity index (χ0n) is 27.3. The molecular formula is C24H36N8O16P2S. The van der Waals surface area contributed by atoms with E-state index < -0.39 is 88.2 Å². The molecule has 2 aromatic rings. The van der Waals surface area contributed by atoms with Crippen LogP contribution in [0.4, 0.5) is 0 Å². The van der Waals surface area contributed by atoms with Gasteiger partial charge in [0, 0.05) is 55.4 Å². The lowest BCUT2D eigenvalue weighted by molar-refractivity contribution is -0.0602. The molecule has 51 heavy (non-hydrogen) atoms. The molecule has 4 heterocycles. The Morgan fingerprint density at radius 2 is 1.35 bits per heavy atom. The van der Waals surface area contributed by atoms with Crippen LogP contribution in [0.1, 0.15) is 36.4 Å². The third-order valence-corrected chi connectivity index (χ3v) is 8.55. The number of nitrogens with one attached hydrogen (secondary N) is 2. The first-order chi connectivity index (χ1) is 23.7. The molecule has 284 valence electrons. The van der Waals surface area contributed by atoms with Crippen molar-refractivity contribution in [3.05, 3.63) is 75.6 Å². The van der Waals surface area contributed by atoms with Crippen molar-refractivity contribution in [3.8, 4) is 0 Å². The number of aromatic nitrogens is 4. The van der Waals surface area contributed by atoms with Crippen LogP contribution in [0.25, 0.3) is 10.4 Å². The minimum absolute atomic E-state index is 0.113. The van der Waals surface area contributed by atoms with Gasteiger partial charge in [-0.15, -0.1) is 0 Å². The Kier molecular flexibility index (Phi) is 14.6. The average Bonchev–Trinajstić information content (AvgIpc) is 3.62. The van der Waals surface area contributed by atoms with E-state index in [-0.39, 0.29) is 30.3 Å². The molecule has 0 radical (unpaired) electrons. The van der Waals surface area contributed by atoms with Gasteiger partial charge in [-0.1, -0.05) is 5.11 Å². The van der Waals surface area contributed by atoms with Crippen LogP contribution in [0.15, 0.2) is 36.7 Å². The molecule has 0 aliphatic carbocycles. The summed E-state index contributed by atoms with van der Waals surface area (Å²) in [4.78, 5) is 90.7. The summed E-state index contributed by atoms with van der Waals surface area (Å²) in [5, 5.41) is 3.36. The van der Waals surface area contributed by atoms with Crippen molar-refractivity contribution >= 4 is 33.0 Å². The van der Waals surface area contributed by atoms with E-state index in [1.807, 2.05) is 0 Å². The number of azide groups is 1. The molecule has 0 aromatic carbocycles. The summed E-state index contributed by atoms with van der Waals surface area (Å²) in [5.41, 5.74) is 6.46. The van der Waals surface area contributed by atoms with E-state index in [0.717, 1.165) is 4.57 Å². The summed E-state index contributed by atoms with van der Waals surface area (Å²) < 4.78 is 55.2. The number of aromatic amines is 2. The Hall–Kier alpha value is -3.54. The van der Waals surface area contributed by atoms with Crippen molar-refractivity contribution in [3.63, 3.8) is 0 Å². The van der Waals surface area contributed by atoms with Crippen LogP contribution < -0.4 is 22.5 Å². The fourth-order valence-electron chi connectivity index (χ4n) is 4.67. The topological polar surface area (TPSA) is 332 Å². The first kappa shape index (κ1) is 41.9. The lowest BCUT2D eigenvalue weighted by Gasteiger charge is -2.22. The summed E-state index contributed by atoms with van der Waals surface area (Å²) >= 11 is 5.08. The molecule has 0 bridgehead atoms. The monoisotopic (exact) mass is 786 g/mol. The number of nitrogens with zero attached hydrogens (tertiary/aromatic N) is 6. The molecule has 2 aliphatic rings. The van der Waals surface area contributed by atoms with Gasteiger partial charge in [-0.3, -0.25) is 37.7 Å². The second-order valence-electron chi connectivity index (χ2n) is 11.1. The lowest BCUT2D eigenvalue weighted by Crippen LogP contribution is -2.34. The van der Waals surface area contributed by atoms with Crippen LogP contribution in [0.3, 0.4) is 0 Å². The molecule has 2 aromatic heterocycles. The van der Waals surface area contributed by atoms with Crippen molar-refractivity contribution in [1.29, 1.82) is 0 Å². The smallest absolute Gasteiger partial charge is 0.465 e. The van der Waals surface area contributed by atoms with Gasteiger partial charge in [-0.05, 0) is 31.6 Å². The Balaban J connectivity index is 0.000000276. The number of rotatable bonds is 12. The number of phosphoric ester groups is 2. The van der Waals surface area contributed by atoms with Crippen LogP contribution in [-0.2, 0) is 37.1 Å². The van der Waals surface area contributed by atoms with Gasteiger partial charge in [0.25, 0.3) is 16.3 Å². The molecule has 24 nitrogen and oxygen atoms in total. The van der Waals surface area contributed by atoms with E-state index in [1.165, 1.54) is 30.8 Å². The molecule has 6 atom stereocenters. The second kappa shape index (κ2) is 17.8. The standard InChI is InChI=1S/C13H20N3O8PS.C11H16N5O8P/c1-7-5-16(12(18)14-11(7)17)10-4-8(24-13(26)15(2)3)9(23-10)6-22-25(19,20)21;1-6-3-16(11(18)14-10(6)17)9-2-7(22-5-13-15-12)8(24-9)4-23-25(19,20)21/h5,8-10H,4,6H2,1-3H3,(H,14,17,18)(H2,19,20,21);3,7-9H,2,4-5H2,1H3,(H,14,17,18)(H2,19,20,21)/t8?,9-,10-;7?,8-,9-/m11/s1. The van der Waals surface area contributed by atoms with Crippen LogP contribution in [0.5, 0.6) is 0 Å². The van der Waals surface area contributed by atoms with Gasteiger partial charge >= 0.3 is 27.0 Å². The Bertz CT molecular complexity index is 1930. The molecule has 2 fully saturated rings. The van der Waals surface area contributed by atoms with E-state index in [9.17, 15) is 28.3 Å². The molecule has 0 amide bonds. The highest BCUT2D eigenvalue weighted by atomic mass is 32.1. The normalized spacial score (nSPS) is 23.2. The number of phosphoric acid groups is 2. The van der Waals surface area contributed by atoms with E-state index in [2.05, 4.69) is 29.0 Å². The summed E-state index contributed by atoms with van der Waals surface area (Å²) in [6.07, 6.45) is -2.02. The average molecular weight is 787 g/mol. The number of hydrogen-bond donors (Lipinski definition) is 6. The molecule has 27 heteroatoms. The molecule has 2 unspecified atom stereocenters. The van der Waals surface area contributed by atoms with Crippen molar-refractivity contribution in [1.82, 2.24) is 24.0 Å². The molecular weight excluding hydrogens is 750 g/mol. The molecule has 0 saturated carbocycles. The number of ether oxygens (including phenoxy) is 4. The SMILES string of the molecule is Cc1cn([C@H]2CC(OC(=S)N(C)C)[C@@H](COP(=O)(O)O)O2)c(=O)[nH]c1=O.Cc1cn([C@H]2CC(OCN=[N+]=[N-])[C@@H](COP(=O)(O)O)O2)c(=O)[nH]c1=O. The number of thiocarbonyl (C=S) groups is 1. The van der Waals surface area contributed by atoms with E-state index in [4.69, 9.17) is 56.3 Å². The number of hydrogen-bond acceptors (Lipinski definition) is 14. The fourth-order valence-corrected chi connectivity index (χ4v) is 5.48. The van der Waals surface area contributed by atoms with Crippen LogP contribution >= 0.6 is 27.9 Å². The highest BCUT2D eigenvalue weighted by molar-refractivity contribution is 7.80. The zero-order valence-corrected chi connectivity index (χ0v) is 29.9. The maximum absolute atomic E-state index is 12.0. The zero-order chi connectivity index (χ0) is 38.3. The fraction of sp³-hybridized carbons (Fsp3) is 0.625. The van der Waals surface area contributed by atoms with Gasteiger partial charge in [0.1, 0.15) is 37.5 Å². The molecule has 4 rings (SSSR count). The van der Waals surface area contributed by atoms with Crippen LogP contribution in [-0.4, -0.2) is 107 Å². The Labute approximate surface area is 291 Å². The van der Waals surface area contributed by atoms with Gasteiger partial charge in [0.15, 0.2) is 0 Å². The minimum atomic E-state index is -4.73. The third kappa shape index (κ3) is 12.6. The van der Waals surface area contributed by atoms with Crippen molar-refractivity contribution in [2.24, 2.45) is 5.11 Å². The van der Waals surface area contributed by atoms with Gasteiger partial charge in [0.2, 0.25) is 0 Å². The maximum Gasteiger partial charge on any atom is 0.469 e. The highest BCUT2D eigenvalue weighted by Crippen LogP contribution is 2.40. The summed E-state index contributed by atoms with van der Waals surface area (Å²) in [7, 11) is -6.09. The van der Waals surface area contributed by atoms with Crippen LogP contribution in [0.2, 0.25) is 0 Å². The predicted molar refractivity (Wildman–Crippen MR) is 175 cm³/mol. The van der Waals surface area contributed by atoms with Gasteiger partial charge < -0.3 is 43.4 Å². The quantitative estimate of drug-likeness (QED) is 0.0513. The minimum Gasteiger partial charge on any atom is -0.465 e. The van der Waals surface area contributed by atoms with Gasteiger partial charge in [-0.2, -0.15) is 0 Å². The predicted octanol–water partition coefficient (Wildman–Crippen LogP) is -0.632. The number of H-pyrrole nitrogens is 2. The largest absolute Gasteiger partial charge is 0.469 e. The summed E-state index contributed by atoms with van der Waals surface area (Å²) in [6, 6.07) is 0. The van der Waals surface area contributed by atoms with Crippen molar-refractivity contribution < 1.29 is 56.7 Å². The van der Waals surface area contributed by atoms with E-state index >= 15 is 0 Å². The van der Waals surface area contributed by atoms with E-state index in [0.29, 0.717) is 5.56 Å². The number of aryl methyl sites for hydroxylation is 2. The molecule has 0 spiro atoms. The lowest BCUT2D eigenvalue weighted by atomic mass is 10.2. The Morgan fingerprint density at radius 3 is 1.76 bits per heavy atom. The highest BCUT2D eigenvalue weighted by Gasteiger charge is 2.41. The molecule has 2 saturated heterocycles. The summed E-state index contributed by atoms with van der Waals surface area (Å²) in [5.74, 6) is 0. The molecule has 6 N–H and O–H groups in total. The summed E-state index contributed by atoms with van der Waals surface area (Å²) in [6.45, 7) is 1.75.